The van der Waals surface area contributed by atoms with E-state index in [1.807, 2.05) is 18.0 Å². The van der Waals surface area contributed by atoms with Crippen LogP contribution in [-0.2, 0) is 13.1 Å². The largest absolute Gasteiger partial charge is 0.334 e. The Labute approximate surface area is 207 Å². The average Bonchev–Trinajstić information content (AvgIpc) is 3.50. The smallest absolute Gasteiger partial charge is 0.254 e. The summed E-state index contributed by atoms with van der Waals surface area (Å²) in [5.41, 5.74) is 7.57. The Hall–Kier alpha value is -2.95. The van der Waals surface area contributed by atoms with Gasteiger partial charge in [-0.1, -0.05) is 18.2 Å². The molecule has 5 aliphatic rings. The molecule has 0 radical (unpaired) electrons. The van der Waals surface area contributed by atoms with E-state index >= 15 is 0 Å². The number of benzene rings is 1. The molecule has 0 N–H and O–H groups in total. The summed E-state index contributed by atoms with van der Waals surface area (Å²) in [6, 6.07) is 10.6. The molecule has 0 saturated heterocycles. The van der Waals surface area contributed by atoms with Gasteiger partial charge >= 0.3 is 0 Å². The number of rotatable bonds is 6. The van der Waals surface area contributed by atoms with Gasteiger partial charge in [-0.2, -0.15) is 5.10 Å². The predicted octanol–water partition coefficient (Wildman–Crippen LogP) is 6.26. The second-order valence-corrected chi connectivity index (χ2v) is 11.8. The molecule has 1 amide bonds. The molecule has 2 bridgehead atoms. The number of aryl methyl sites for hydroxylation is 1. The molecule has 0 atom stereocenters. The summed E-state index contributed by atoms with van der Waals surface area (Å²) >= 11 is 0. The van der Waals surface area contributed by atoms with Gasteiger partial charge in [0, 0.05) is 53.8 Å². The Balaban J connectivity index is 1.19. The van der Waals surface area contributed by atoms with Crippen LogP contribution in [-0.4, -0.2) is 32.1 Å². The predicted molar refractivity (Wildman–Crippen MR) is 137 cm³/mol. The number of amides is 1. The van der Waals surface area contributed by atoms with Gasteiger partial charge in [-0.3, -0.25) is 14.5 Å². The third-order valence-corrected chi connectivity index (χ3v) is 9.16. The average molecular weight is 467 g/mol. The van der Waals surface area contributed by atoms with Crippen molar-refractivity contribution in [2.45, 2.75) is 71.4 Å². The van der Waals surface area contributed by atoms with E-state index in [1.54, 1.807) is 0 Å². The Bertz CT molecular complexity index is 1280. The first-order valence-electron chi connectivity index (χ1n) is 13.5. The molecular weight excluding hydrogens is 432 g/mol. The van der Waals surface area contributed by atoms with Crippen molar-refractivity contribution >= 4 is 5.91 Å². The lowest BCUT2D eigenvalue weighted by atomic mass is 9.61. The van der Waals surface area contributed by atoms with Gasteiger partial charge in [0.1, 0.15) is 0 Å². The van der Waals surface area contributed by atoms with E-state index in [-0.39, 0.29) is 5.91 Å². The van der Waals surface area contributed by atoms with Crippen molar-refractivity contribution in [1.29, 1.82) is 0 Å². The molecule has 3 heterocycles. The molecule has 4 fully saturated rings. The third kappa shape index (κ3) is 3.89. The van der Waals surface area contributed by atoms with Crippen LogP contribution in [0, 0.1) is 24.2 Å². The highest BCUT2D eigenvalue weighted by atomic mass is 16.2. The quantitative estimate of drug-likeness (QED) is 0.431. The van der Waals surface area contributed by atoms with Gasteiger partial charge < -0.3 is 4.90 Å². The van der Waals surface area contributed by atoms with Crippen LogP contribution in [0.15, 0.2) is 42.7 Å². The van der Waals surface area contributed by atoms with Crippen molar-refractivity contribution in [3.8, 4) is 22.4 Å². The molecule has 4 aliphatic carbocycles. The van der Waals surface area contributed by atoms with E-state index < -0.39 is 0 Å². The number of hydrogen-bond acceptors (Lipinski definition) is 3. The van der Waals surface area contributed by atoms with E-state index in [2.05, 4.69) is 41.2 Å². The van der Waals surface area contributed by atoms with Gasteiger partial charge in [0.25, 0.3) is 5.91 Å². The highest BCUT2D eigenvalue weighted by Gasteiger charge is 2.40. The zero-order chi connectivity index (χ0) is 23.6. The fraction of sp³-hybridized carbons (Fsp3) is 0.500. The van der Waals surface area contributed by atoms with Crippen molar-refractivity contribution in [3.63, 3.8) is 0 Å². The molecule has 1 aliphatic heterocycles. The fourth-order valence-electron chi connectivity index (χ4n) is 6.79. The molecule has 3 aromatic rings. The van der Waals surface area contributed by atoms with Crippen LogP contribution in [0.25, 0.3) is 22.4 Å². The topological polar surface area (TPSA) is 51.0 Å². The second-order valence-electron chi connectivity index (χ2n) is 11.8. The molecule has 1 aromatic carbocycles. The van der Waals surface area contributed by atoms with Crippen LogP contribution in [0.4, 0.5) is 0 Å². The van der Waals surface area contributed by atoms with Crippen molar-refractivity contribution in [2.24, 2.45) is 17.3 Å². The summed E-state index contributed by atoms with van der Waals surface area (Å²) in [6.45, 7) is 4.70. The zero-order valence-electron chi connectivity index (χ0n) is 20.7. The molecule has 4 saturated carbocycles. The van der Waals surface area contributed by atoms with Gasteiger partial charge in [0.15, 0.2) is 0 Å². The Morgan fingerprint density at radius 2 is 1.77 bits per heavy atom. The van der Waals surface area contributed by atoms with E-state index in [0.29, 0.717) is 11.3 Å². The molecule has 5 nitrogen and oxygen atoms in total. The number of hydrogen-bond donors (Lipinski definition) is 0. The van der Waals surface area contributed by atoms with Crippen LogP contribution in [0.5, 0.6) is 0 Å². The van der Waals surface area contributed by atoms with Gasteiger partial charge in [0.2, 0.25) is 0 Å². The summed E-state index contributed by atoms with van der Waals surface area (Å²) in [7, 11) is 0. The van der Waals surface area contributed by atoms with Crippen LogP contribution >= 0.6 is 0 Å². The lowest BCUT2D eigenvalue weighted by molar-refractivity contribution is 0.0449. The SMILES string of the molecule is Cc1ccc(-c2cnn(CC34CCC(CC3)CC4)c2)c(-c2ccc3c(c2)C(=O)N(CC2CC2)C3)n1. The van der Waals surface area contributed by atoms with E-state index in [9.17, 15) is 4.79 Å². The standard InChI is InChI=1S/C30H34N4O/c1-20-2-7-26(25-15-31-34(18-25)19-30-11-8-21(9-12-30)10-13-30)28(32-20)23-5-6-24-17-33(16-22-3-4-22)29(35)27(24)14-23/h2,5-7,14-15,18,21-22H,3-4,8-13,16-17,19H2,1H3. The highest BCUT2D eigenvalue weighted by Crippen LogP contribution is 2.51. The van der Waals surface area contributed by atoms with Crippen LogP contribution in [0.2, 0.25) is 0 Å². The van der Waals surface area contributed by atoms with E-state index in [1.165, 1.54) is 51.4 Å². The summed E-state index contributed by atoms with van der Waals surface area (Å²) in [4.78, 5) is 20.1. The minimum absolute atomic E-state index is 0.178. The van der Waals surface area contributed by atoms with Crippen LogP contribution < -0.4 is 0 Å². The zero-order valence-corrected chi connectivity index (χ0v) is 20.7. The Morgan fingerprint density at radius 3 is 2.54 bits per heavy atom. The molecule has 0 spiro atoms. The number of carbonyl (C=O) groups is 1. The summed E-state index contributed by atoms with van der Waals surface area (Å²) in [5.74, 6) is 1.86. The van der Waals surface area contributed by atoms with Gasteiger partial charge in [0.05, 0.1) is 11.9 Å². The molecule has 180 valence electrons. The first-order chi connectivity index (χ1) is 17.1. The summed E-state index contributed by atoms with van der Waals surface area (Å²) in [6.07, 6.45) is 15.0. The van der Waals surface area contributed by atoms with Crippen molar-refractivity contribution < 1.29 is 4.79 Å². The molecular formula is C30H34N4O. The molecule has 8 rings (SSSR count). The number of nitrogens with zero attached hydrogens (tertiary/aromatic N) is 4. The van der Waals surface area contributed by atoms with Crippen LogP contribution in [0.1, 0.15) is 73.0 Å². The first kappa shape index (κ1) is 21.3. The van der Waals surface area contributed by atoms with Crippen LogP contribution in [0.3, 0.4) is 0 Å². The maximum atomic E-state index is 13.1. The second kappa shape index (κ2) is 8.04. The lowest BCUT2D eigenvalue weighted by Crippen LogP contribution is -2.37. The fourth-order valence-corrected chi connectivity index (χ4v) is 6.79. The lowest BCUT2D eigenvalue weighted by Gasteiger charge is -2.46. The van der Waals surface area contributed by atoms with E-state index in [0.717, 1.165) is 64.8 Å². The highest BCUT2D eigenvalue weighted by molar-refractivity contribution is 6.00. The Kier molecular flexibility index (Phi) is 4.90. The number of aromatic nitrogens is 3. The normalized spacial score (nSPS) is 25.3. The maximum absolute atomic E-state index is 13.1. The molecule has 2 aromatic heterocycles. The summed E-state index contributed by atoms with van der Waals surface area (Å²) in [5, 5.41) is 4.80. The minimum atomic E-state index is 0.178. The van der Waals surface area contributed by atoms with Gasteiger partial charge in [-0.15, -0.1) is 0 Å². The number of carbonyl (C=O) groups excluding carboxylic acids is 1. The van der Waals surface area contributed by atoms with Crippen molar-refractivity contribution in [1.82, 2.24) is 19.7 Å². The number of fused-ring (bicyclic) bond motifs is 4. The summed E-state index contributed by atoms with van der Waals surface area (Å²) < 4.78 is 2.17. The number of pyridine rings is 1. The third-order valence-electron chi connectivity index (χ3n) is 9.16. The maximum Gasteiger partial charge on any atom is 0.254 e. The molecule has 35 heavy (non-hydrogen) atoms. The molecule has 5 heteroatoms. The minimum Gasteiger partial charge on any atom is -0.334 e. The van der Waals surface area contributed by atoms with Gasteiger partial charge in [-0.25, -0.2) is 0 Å². The monoisotopic (exact) mass is 466 g/mol. The van der Waals surface area contributed by atoms with E-state index in [4.69, 9.17) is 10.1 Å². The van der Waals surface area contributed by atoms with Crippen molar-refractivity contribution in [3.05, 3.63) is 59.5 Å². The first-order valence-corrected chi connectivity index (χ1v) is 13.5. The van der Waals surface area contributed by atoms with Crippen molar-refractivity contribution in [2.75, 3.05) is 6.54 Å². The Morgan fingerprint density at radius 1 is 0.971 bits per heavy atom. The van der Waals surface area contributed by atoms with Gasteiger partial charge in [-0.05, 0) is 93.2 Å². The molecule has 0 unspecified atom stereocenters.